The minimum atomic E-state index is -3.61. The van der Waals surface area contributed by atoms with Gasteiger partial charge in [-0.3, -0.25) is 0 Å². The molecule has 6 aliphatic rings. The van der Waals surface area contributed by atoms with Crippen molar-refractivity contribution in [3.63, 3.8) is 0 Å². The Bertz CT molecular complexity index is 1430. The van der Waals surface area contributed by atoms with Gasteiger partial charge >= 0.3 is 5.92 Å². The van der Waals surface area contributed by atoms with Crippen LogP contribution in [0.3, 0.4) is 0 Å². The van der Waals surface area contributed by atoms with Crippen molar-refractivity contribution in [2.75, 3.05) is 0 Å². The summed E-state index contributed by atoms with van der Waals surface area (Å²) in [6.07, 6.45) is 10.8. The second-order valence-corrected chi connectivity index (χ2v) is 14.3. The number of fused-ring (bicyclic) bond motifs is 4. The zero-order valence-corrected chi connectivity index (χ0v) is 25.5. The highest BCUT2D eigenvalue weighted by Gasteiger charge is 2.71. The number of aliphatic hydroxyl groups excluding tert-OH is 2. The van der Waals surface area contributed by atoms with Crippen molar-refractivity contribution in [2.45, 2.75) is 126 Å². The molecule has 0 amide bonds. The molecule has 1 aromatic carbocycles. The van der Waals surface area contributed by atoms with E-state index in [9.17, 15) is 15.3 Å². The van der Waals surface area contributed by atoms with E-state index in [0.29, 0.717) is 25.2 Å². The molecule has 4 fully saturated rings. The van der Waals surface area contributed by atoms with Gasteiger partial charge in [0.1, 0.15) is 11.7 Å². The molecular formula is C36H43F2NO5. The van der Waals surface area contributed by atoms with Crippen LogP contribution in [0.25, 0.3) is 0 Å². The predicted octanol–water partition coefficient (Wildman–Crippen LogP) is 6.12. The van der Waals surface area contributed by atoms with E-state index >= 15 is 8.78 Å². The van der Waals surface area contributed by atoms with Crippen molar-refractivity contribution in [3.05, 3.63) is 58.2 Å². The average Bonchev–Trinajstić information content (AvgIpc) is 3.83. The van der Waals surface area contributed by atoms with Crippen molar-refractivity contribution in [1.29, 1.82) is 0 Å². The average molecular weight is 608 g/mol. The standard InChI is InChI=1S/C36H43F2NO5/c1-4-36(37,38)35(42)16-15-29-27-13-11-24-17-25(39-44-31-18-30(40)33(41)20(2)43-31)12-14-26(24)32(27)28(19-34(29,35)3)23-9-7-22(8-10-23)21-5-6-21/h1,7-10,17,20-21,27-31,33,40-42H,5-6,11-16,18-19H2,2-3H3/b39-25-/t20-,27-,28?,29-,30-,31?,33+,34-,35-/m0/s1. The number of terminal acetylenes is 1. The summed E-state index contributed by atoms with van der Waals surface area (Å²) in [7, 11) is 0. The van der Waals surface area contributed by atoms with Gasteiger partial charge in [0.05, 0.1) is 17.9 Å². The molecule has 0 spiro atoms. The summed E-state index contributed by atoms with van der Waals surface area (Å²) in [5, 5.41) is 36.2. The fourth-order valence-corrected chi connectivity index (χ4v) is 9.32. The molecule has 44 heavy (non-hydrogen) atoms. The molecule has 236 valence electrons. The van der Waals surface area contributed by atoms with Gasteiger partial charge in [-0.2, -0.15) is 8.78 Å². The molecule has 0 aromatic heterocycles. The van der Waals surface area contributed by atoms with Gasteiger partial charge in [-0.15, -0.1) is 6.42 Å². The lowest BCUT2D eigenvalue weighted by molar-refractivity contribution is -0.246. The quantitative estimate of drug-likeness (QED) is 0.277. The lowest BCUT2D eigenvalue weighted by Gasteiger charge is -2.55. The highest BCUT2D eigenvalue weighted by molar-refractivity contribution is 5.97. The number of hydrogen-bond acceptors (Lipinski definition) is 6. The maximum atomic E-state index is 15.4. The van der Waals surface area contributed by atoms with E-state index in [-0.39, 0.29) is 30.6 Å². The van der Waals surface area contributed by atoms with Crippen LogP contribution in [0, 0.1) is 29.6 Å². The smallest absolute Gasteiger partial charge is 0.336 e. The van der Waals surface area contributed by atoms with Crippen molar-refractivity contribution in [3.8, 4) is 12.3 Å². The van der Waals surface area contributed by atoms with Crippen LogP contribution in [-0.4, -0.2) is 57.2 Å². The first-order chi connectivity index (χ1) is 21.0. The molecular weight excluding hydrogens is 564 g/mol. The van der Waals surface area contributed by atoms with Crippen molar-refractivity contribution < 1.29 is 33.7 Å². The van der Waals surface area contributed by atoms with Gasteiger partial charge in [0, 0.05) is 17.8 Å². The molecule has 0 radical (unpaired) electrons. The van der Waals surface area contributed by atoms with Crippen LogP contribution < -0.4 is 0 Å². The molecule has 2 unspecified atom stereocenters. The maximum absolute atomic E-state index is 15.4. The third-order valence-electron chi connectivity index (χ3n) is 12.0. The number of rotatable bonds is 5. The summed E-state index contributed by atoms with van der Waals surface area (Å²) in [6, 6.07) is 8.76. The Morgan fingerprint density at radius 2 is 1.80 bits per heavy atom. The van der Waals surface area contributed by atoms with Gasteiger partial charge in [-0.25, -0.2) is 0 Å². The minimum Gasteiger partial charge on any atom is -0.390 e. The summed E-state index contributed by atoms with van der Waals surface area (Å²) >= 11 is 0. The fourth-order valence-electron chi connectivity index (χ4n) is 9.32. The summed E-state index contributed by atoms with van der Waals surface area (Å²) in [4.78, 5) is 5.68. The van der Waals surface area contributed by atoms with E-state index in [1.165, 1.54) is 35.1 Å². The predicted molar refractivity (Wildman–Crippen MR) is 162 cm³/mol. The number of ether oxygens (including phenoxy) is 1. The van der Waals surface area contributed by atoms with Gasteiger partial charge in [0.25, 0.3) is 0 Å². The van der Waals surface area contributed by atoms with Gasteiger partial charge < -0.3 is 24.9 Å². The van der Waals surface area contributed by atoms with Crippen LogP contribution in [-0.2, 0) is 9.57 Å². The molecule has 1 heterocycles. The molecule has 5 aliphatic carbocycles. The van der Waals surface area contributed by atoms with Crippen molar-refractivity contribution in [2.24, 2.45) is 22.4 Å². The molecule has 1 saturated heterocycles. The fraction of sp³-hybridized carbons (Fsp3) is 0.639. The molecule has 0 bridgehead atoms. The molecule has 3 saturated carbocycles. The Labute approximate surface area is 258 Å². The van der Waals surface area contributed by atoms with E-state index in [0.717, 1.165) is 30.5 Å². The van der Waals surface area contributed by atoms with Crippen LogP contribution in [0.2, 0.25) is 0 Å². The van der Waals surface area contributed by atoms with Crippen molar-refractivity contribution in [1.82, 2.24) is 0 Å². The lowest BCUT2D eigenvalue weighted by atomic mass is 9.50. The van der Waals surface area contributed by atoms with Crippen LogP contribution in [0.15, 0.2) is 52.2 Å². The third-order valence-corrected chi connectivity index (χ3v) is 12.0. The topological polar surface area (TPSA) is 91.5 Å². The molecule has 1 aromatic rings. The second kappa shape index (κ2) is 10.8. The largest absolute Gasteiger partial charge is 0.390 e. The zero-order chi connectivity index (χ0) is 31.0. The number of alkyl halides is 2. The second-order valence-electron chi connectivity index (χ2n) is 14.3. The Kier molecular flexibility index (Phi) is 7.36. The Hall–Kier alpha value is -2.57. The Balaban J connectivity index is 1.24. The van der Waals surface area contributed by atoms with Crippen LogP contribution in [0.5, 0.6) is 0 Å². The molecule has 3 N–H and O–H groups in total. The SMILES string of the molecule is C#CC(F)(F)[C@]1(O)CC[C@H]2[C@@H]3CCC4=C/C(=N\OC5C[C@H](O)[C@H](O)[C@H](C)O5)CCC4=C3C(c3ccc(C4CC4)cc3)C[C@@]21C. The number of nitrogens with zero attached hydrogens (tertiary/aromatic N) is 1. The molecule has 1 aliphatic heterocycles. The first kappa shape index (κ1) is 30.1. The van der Waals surface area contributed by atoms with Crippen LogP contribution in [0.1, 0.15) is 101 Å². The highest BCUT2D eigenvalue weighted by Crippen LogP contribution is 2.69. The number of hydrogen-bond donors (Lipinski definition) is 3. The summed E-state index contributed by atoms with van der Waals surface area (Å²) in [5.74, 6) is -1.40. The molecule has 8 heteroatoms. The van der Waals surface area contributed by atoms with Gasteiger partial charge in [-0.05, 0) is 117 Å². The summed E-state index contributed by atoms with van der Waals surface area (Å²) in [6.45, 7) is 3.56. The van der Waals surface area contributed by atoms with Crippen LogP contribution in [0.4, 0.5) is 8.78 Å². The normalized spacial score (nSPS) is 41.4. The minimum absolute atomic E-state index is 0.00222. The number of halogens is 2. The monoisotopic (exact) mass is 607 g/mol. The van der Waals surface area contributed by atoms with E-state index in [2.05, 4.69) is 35.5 Å². The number of allylic oxidation sites excluding steroid dienone is 4. The maximum Gasteiger partial charge on any atom is 0.336 e. The van der Waals surface area contributed by atoms with E-state index in [1.807, 2.05) is 6.92 Å². The first-order valence-electron chi connectivity index (χ1n) is 16.3. The van der Waals surface area contributed by atoms with Gasteiger partial charge in [0.2, 0.25) is 6.29 Å². The Morgan fingerprint density at radius 3 is 2.48 bits per heavy atom. The van der Waals surface area contributed by atoms with Gasteiger partial charge in [-0.1, -0.05) is 41.9 Å². The summed E-state index contributed by atoms with van der Waals surface area (Å²) in [5.41, 5.74) is 3.84. The lowest BCUT2D eigenvalue weighted by Crippen LogP contribution is -2.60. The van der Waals surface area contributed by atoms with E-state index < -0.39 is 41.5 Å². The molecule has 7 rings (SSSR count). The van der Waals surface area contributed by atoms with E-state index in [4.69, 9.17) is 16.0 Å². The highest BCUT2D eigenvalue weighted by atomic mass is 19.3. The van der Waals surface area contributed by atoms with Gasteiger partial charge in [0.15, 0.2) is 0 Å². The number of oxime groups is 1. The third kappa shape index (κ3) is 4.69. The summed E-state index contributed by atoms with van der Waals surface area (Å²) < 4.78 is 36.4. The molecule has 6 nitrogen and oxygen atoms in total. The van der Waals surface area contributed by atoms with E-state index in [1.54, 1.807) is 12.8 Å². The number of aliphatic hydroxyl groups is 3. The molecule has 9 atom stereocenters. The Morgan fingerprint density at radius 1 is 1.07 bits per heavy atom. The first-order valence-corrected chi connectivity index (χ1v) is 16.3. The van der Waals surface area contributed by atoms with Crippen LogP contribution >= 0.6 is 0 Å². The zero-order valence-electron chi connectivity index (χ0n) is 25.5. The van der Waals surface area contributed by atoms with Crippen molar-refractivity contribution >= 4 is 5.71 Å². The number of benzene rings is 1.